The van der Waals surface area contributed by atoms with Crippen LogP contribution in [0.3, 0.4) is 0 Å². The molecule has 3 N–H and O–H groups in total. The second-order valence-corrected chi connectivity index (χ2v) is 5.85. The quantitative estimate of drug-likeness (QED) is 0.820. The van der Waals surface area contributed by atoms with Gasteiger partial charge >= 0.3 is 0 Å². The summed E-state index contributed by atoms with van der Waals surface area (Å²) in [6.45, 7) is 6.53. The summed E-state index contributed by atoms with van der Waals surface area (Å²) in [4.78, 5) is 1.90. The Labute approximate surface area is 149 Å². The first-order valence-electron chi connectivity index (χ1n) is 8.85. The molecule has 1 aromatic rings. The number of allylic oxidation sites excluding steroid dienone is 1. The number of amidine groups is 1. The van der Waals surface area contributed by atoms with E-state index in [1.807, 2.05) is 44.0 Å². The number of rotatable bonds is 6. The third-order valence-corrected chi connectivity index (χ3v) is 4.43. The maximum absolute atomic E-state index is 15.1. The summed E-state index contributed by atoms with van der Waals surface area (Å²) >= 11 is 0. The van der Waals surface area contributed by atoms with Crippen LogP contribution in [0.5, 0.6) is 11.5 Å². The Kier molecular flexibility index (Phi) is 6.06. The highest BCUT2D eigenvalue weighted by molar-refractivity contribution is 6.04. The van der Waals surface area contributed by atoms with Crippen LogP contribution in [-0.2, 0) is 5.54 Å². The van der Waals surface area contributed by atoms with Crippen molar-refractivity contribution in [1.82, 2.24) is 4.90 Å². The molecule has 3 rings (SSSR count). The van der Waals surface area contributed by atoms with Crippen LogP contribution in [0.4, 0.5) is 4.39 Å². The molecule has 1 heterocycles. The SMILES string of the molecule is CCC=CN1C(=N)c2c(cc(OCC)c(OCC)c2F)C12CC2.CN. The van der Waals surface area contributed by atoms with E-state index in [1.165, 1.54) is 7.05 Å². The molecule has 1 aromatic carbocycles. The van der Waals surface area contributed by atoms with Gasteiger partial charge in [-0.15, -0.1) is 0 Å². The summed E-state index contributed by atoms with van der Waals surface area (Å²) in [7, 11) is 1.50. The van der Waals surface area contributed by atoms with Gasteiger partial charge in [0.15, 0.2) is 17.3 Å². The Morgan fingerprint density at radius 2 is 1.88 bits per heavy atom. The van der Waals surface area contributed by atoms with Crippen molar-refractivity contribution in [2.24, 2.45) is 5.73 Å². The van der Waals surface area contributed by atoms with Gasteiger partial charge in [-0.2, -0.15) is 0 Å². The van der Waals surface area contributed by atoms with Crippen molar-refractivity contribution in [3.05, 3.63) is 35.3 Å². The molecule has 0 aromatic heterocycles. The lowest BCUT2D eigenvalue weighted by atomic mass is 10.0. The molecule has 25 heavy (non-hydrogen) atoms. The molecule has 0 saturated heterocycles. The zero-order valence-electron chi connectivity index (χ0n) is 15.5. The van der Waals surface area contributed by atoms with Crippen molar-refractivity contribution >= 4 is 5.84 Å². The standard InChI is InChI=1S/C18H23FN2O2.CH5N/c1-4-7-10-21-17(20)14-12(18(21)8-9-18)11-13(22-5-2)16(15(14)19)23-6-3;1-2/h7,10-11,20H,4-6,8-9H2,1-3H3;2H2,1H3. The van der Waals surface area contributed by atoms with Crippen LogP contribution in [0, 0.1) is 11.2 Å². The Balaban J connectivity index is 0.00000109. The van der Waals surface area contributed by atoms with Gasteiger partial charge in [-0.05, 0) is 51.8 Å². The summed E-state index contributed by atoms with van der Waals surface area (Å²) in [6, 6.07) is 1.87. The number of nitrogens with two attached hydrogens (primary N) is 1. The van der Waals surface area contributed by atoms with E-state index in [2.05, 4.69) is 5.73 Å². The van der Waals surface area contributed by atoms with Gasteiger partial charge in [0.1, 0.15) is 5.84 Å². The highest BCUT2D eigenvalue weighted by atomic mass is 19.1. The van der Waals surface area contributed by atoms with Gasteiger partial charge in [-0.1, -0.05) is 13.0 Å². The number of ether oxygens (including phenoxy) is 2. The minimum atomic E-state index is -0.475. The fourth-order valence-electron chi connectivity index (χ4n) is 3.27. The van der Waals surface area contributed by atoms with E-state index in [1.54, 1.807) is 0 Å². The molecule has 0 bridgehead atoms. The largest absolute Gasteiger partial charge is 0.490 e. The summed E-state index contributed by atoms with van der Waals surface area (Å²) < 4.78 is 26.1. The maximum Gasteiger partial charge on any atom is 0.197 e. The van der Waals surface area contributed by atoms with Crippen LogP contribution in [0.1, 0.15) is 51.2 Å². The second-order valence-electron chi connectivity index (χ2n) is 5.85. The number of nitrogens with zero attached hydrogens (tertiary/aromatic N) is 1. The highest BCUT2D eigenvalue weighted by Gasteiger charge is 2.57. The smallest absolute Gasteiger partial charge is 0.197 e. The Bertz CT molecular complexity index is 669. The average molecular weight is 349 g/mol. The predicted octanol–water partition coefficient (Wildman–Crippen LogP) is 3.75. The maximum atomic E-state index is 15.1. The van der Waals surface area contributed by atoms with Gasteiger partial charge in [-0.25, -0.2) is 4.39 Å². The van der Waals surface area contributed by atoms with Crippen LogP contribution < -0.4 is 15.2 Å². The fraction of sp³-hybridized carbons (Fsp3) is 0.526. The first-order valence-corrected chi connectivity index (χ1v) is 8.85. The Morgan fingerprint density at radius 1 is 1.24 bits per heavy atom. The van der Waals surface area contributed by atoms with Crippen LogP contribution in [-0.4, -0.2) is 31.0 Å². The lowest BCUT2D eigenvalue weighted by Gasteiger charge is -2.22. The first kappa shape index (κ1) is 19.2. The van der Waals surface area contributed by atoms with E-state index in [0.29, 0.717) is 24.5 Å². The second kappa shape index (κ2) is 7.87. The predicted molar refractivity (Wildman–Crippen MR) is 97.9 cm³/mol. The molecule has 0 amide bonds. The van der Waals surface area contributed by atoms with E-state index in [-0.39, 0.29) is 17.1 Å². The normalized spacial score (nSPS) is 16.7. The van der Waals surface area contributed by atoms with Crippen molar-refractivity contribution in [3.63, 3.8) is 0 Å². The molecule has 5 nitrogen and oxygen atoms in total. The molecule has 0 radical (unpaired) electrons. The molecule has 138 valence electrons. The Hall–Kier alpha value is -2.08. The number of benzene rings is 1. The molecule has 1 spiro atoms. The number of hydrogen-bond donors (Lipinski definition) is 2. The minimum absolute atomic E-state index is 0.120. The van der Waals surface area contributed by atoms with Gasteiger partial charge in [0.2, 0.25) is 0 Å². The van der Waals surface area contributed by atoms with Gasteiger partial charge < -0.3 is 20.1 Å². The van der Waals surface area contributed by atoms with Crippen LogP contribution in [0.15, 0.2) is 18.3 Å². The molecule has 2 aliphatic rings. The van der Waals surface area contributed by atoms with E-state index in [4.69, 9.17) is 14.9 Å². The van der Waals surface area contributed by atoms with E-state index in [0.717, 1.165) is 24.8 Å². The van der Waals surface area contributed by atoms with Gasteiger partial charge in [0.25, 0.3) is 0 Å². The summed E-state index contributed by atoms with van der Waals surface area (Å²) in [5.74, 6) is 0.293. The zero-order chi connectivity index (χ0) is 18.6. The minimum Gasteiger partial charge on any atom is -0.490 e. The topological polar surface area (TPSA) is 71.6 Å². The third-order valence-electron chi connectivity index (χ3n) is 4.43. The molecular weight excluding hydrogens is 321 g/mol. The van der Waals surface area contributed by atoms with Crippen molar-refractivity contribution in [1.29, 1.82) is 5.41 Å². The molecule has 0 atom stereocenters. The zero-order valence-corrected chi connectivity index (χ0v) is 15.5. The molecule has 1 aliphatic carbocycles. The monoisotopic (exact) mass is 349 g/mol. The molecule has 1 saturated carbocycles. The lowest BCUT2D eigenvalue weighted by Crippen LogP contribution is -2.28. The number of halogens is 1. The van der Waals surface area contributed by atoms with Crippen LogP contribution in [0.2, 0.25) is 0 Å². The van der Waals surface area contributed by atoms with Gasteiger partial charge in [0.05, 0.1) is 24.3 Å². The Morgan fingerprint density at radius 3 is 2.40 bits per heavy atom. The molecular formula is C19H28FN3O2. The number of fused-ring (bicyclic) bond motifs is 2. The lowest BCUT2D eigenvalue weighted by molar-refractivity contribution is 0.274. The van der Waals surface area contributed by atoms with Crippen molar-refractivity contribution in [2.45, 2.75) is 45.6 Å². The average Bonchev–Trinajstić information content (AvgIpc) is 3.37. The fourth-order valence-corrected chi connectivity index (χ4v) is 3.27. The van der Waals surface area contributed by atoms with Gasteiger partial charge in [-0.3, -0.25) is 5.41 Å². The van der Waals surface area contributed by atoms with Crippen molar-refractivity contribution in [2.75, 3.05) is 20.3 Å². The molecule has 1 fully saturated rings. The molecule has 1 aliphatic heterocycles. The van der Waals surface area contributed by atoms with Crippen molar-refractivity contribution < 1.29 is 13.9 Å². The number of nitrogens with one attached hydrogen (secondary N) is 1. The number of hydrogen-bond acceptors (Lipinski definition) is 4. The van der Waals surface area contributed by atoms with E-state index >= 15 is 4.39 Å². The first-order chi connectivity index (χ1) is 12.1. The van der Waals surface area contributed by atoms with Gasteiger partial charge in [0, 0.05) is 6.20 Å². The van der Waals surface area contributed by atoms with E-state index in [9.17, 15) is 0 Å². The van der Waals surface area contributed by atoms with Crippen molar-refractivity contribution in [3.8, 4) is 11.5 Å². The molecule has 6 heteroatoms. The van der Waals surface area contributed by atoms with E-state index < -0.39 is 5.82 Å². The summed E-state index contributed by atoms with van der Waals surface area (Å²) in [5.41, 5.74) is 5.44. The third kappa shape index (κ3) is 3.11. The summed E-state index contributed by atoms with van der Waals surface area (Å²) in [5, 5.41) is 8.44. The van der Waals surface area contributed by atoms with Crippen LogP contribution >= 0.6 is 0 Å². The summed E-state index contributed by atoms with van der Waals surface area (Å²) in [6.07, 6.45) is 6.65. The van der Waals surface area contributed by atoms with Crippen LogP contribution in [0.25, 0.3) is 0 Å². The highest BCUT2D eigenvalue weighted by Crippen LogP contribution is 2.59. The molecule has 0 unspecified atom stereocenters.